The molecule has 2 rings (SSSR count). The summed E-state index contributed by atoms with van der Waals surface area (Å²) in [4.78, 5) is 4.31. The topological polar surface area (TPSA) is 82.6 Å². The van der Waals surface area contributed by atoms with E-state index in [0.29, 0.717) is 12.2 Å². The molecule has 6 nitrogen and oxygen atoms in total. The first-order chi connectivity index (χ1) is 9.03. The molecular weight excluding hydrogens is 391 g/mol. The first-order valence-corrected chi connectivity index (χ1v) is 8.01. The third-order valence-electron chi connectivity index (χ3n) is 2.61. The highest BCUT2D eigenvalue weighted by Crippen LogP contribution is 2.10. The van der Waals surface area contributed by atoms with Gasteiger partial charge in [0.2, 0.25) is 10.0 Å². The zero-order chi connectivity index (χ0) is 13.7. The van der Waals surface area contributed by atoms with Crippen LogP contribution in [0.15, 0.2) is 29.3 Å². The molecule has 0 amide bonds. The van der Waals surface area contributed by atoms with Gasteiger partial charge in [-0.3, -0.25) is 9.71 Å². The molecule has 0 spiro atoms. The molecular formula is C12H19IN4O2S. The number of hydrogen-bond acceptors (Lipinski definition) is 5. The van der Waals surface area contributed by atoms with E-state index in [0.717, 1.165) is 37.3 Å². The average molecular weight is 410 g/mol. The molecule has 0 fully saturated rings. The normalized spacial score (nSPS) is 14.6. The van der Waals surface area contributed by atoms with E-state index in [-0.39, 0.29) is 24.0 Å². The van der Waals surface area contributed by atoms with Crippen LogP contribution in [0.5, 0.6) is 0 Å². The van der Waals surface area contributed by atoms with Crippen molar-refractivity contribution in [3.63, 3.8) is 0 Å². The van der Waals surface area contributed by atoms with Crippen LogP contribution in [0.3, 0.4) is 0 Å². The molecule has 0 saturated carbocycles. The summed E-state index contributed by atoms with van der Waals surface area (Å²) in [6.45, 7) is 2.46. The van der Waals surface area contributed by atoms with Crippen LogP contribution < -0.4 is 15.4 Å². The molecule has 1 heterocycles. The van der Waals surface area contributed by atoms with Crippen LogP contribution in [-0.4, -0.2) is 33.7 Å². The van der Waals surface area contributed by atoms with Crippen molar-refractivity contribution in [1.82, 2.24) is 10.6 Å². The molecule has 112 valence electrons. The molecule has 0 aromatic heterocycles. The largest absolute Gasteiger partial charge is 0.356 e. The van der Waals surface area contributed by atoms with Crippen LogP contribution in [0.2, 0.25) is 0 Å². The molecule has 1 aliphatic rings. The molecule has 1 aromatic carbocycles. The number of benzene rings is 1. The van der Waals surface area contributed by atoms with Gasteiger partial charge in [0.05, 0.1) is 6.26 Å². The Morgan fingerprint density at radius 3 is 2.55 bits per heavy atom. The zero-order valence-corrected chi connectivity index (χ0v) is 14.4. The lowest BCUT2D eigenvalue weighted by molar-refractivity contribution is 0.607. The summed E-state index contributed by atoms with van der Waals surface area (Å²) in [5.74, 6) is 0.824. The summed E-state index contributed by atoms with van der Waals surface area (Å²) in [6, 6.07) is 7.25. The maximum Gasteiger partial charge on any atom is 0.229 e. The number of hydrogen-bond donors (Lipinski definition) is 3. The summed E-state index contributed by atoms with van der Waals surface area (Å²) in [6.07, 6.45) is 2.20. The van der Waals surface area contributed by atoms with Crippen LogP contribution in [0.4, 0.5) is 5.69 Å². The highest BCUT2D eigenvalue weighted by Gasteiger charge is 2.04. The van der Waals surface area contributed by atoms with Gasteiger partial charge in [0.1, 0.15) is 0 Å². The molecule has 0 saturated heterocycles. The Hall–Kier alpha value is -1.03. The van der Waals surface area contributed by atoms with Gasteiger partial charge in [-0.15, -0.1) is 24.0 Å². The van der Waals surface area contributed by atoms with Gasteiger partial charge in [0.15, 0.2) is 5.96 Å². The number of nitrogens with zero attached hydrogens (tertiary/aromatic N) is 1. The van der Waals surface area contributed by atoms with Crippen molar-refractivity contribution in [2.45, 2.75) is 13.0 Å². The third kappa shape index (κ3) is 5.95. The average Bonchev–Trinajstić information content (AvgIpc) is 2.37. The lowest BCUT2D eigenvalue weighted by atomic mass is 10.2. The Morgan fingerprint density at radius 1 is 1.30 bits per heavy atom. The van der Waals surface area contributed by atoms with Gasteiger partial charge in [-0.05, 0) is 24.1 Å². The van der Waals surface area contributed by atoms with Crippen LogP contribution in [0.1, 0.15) is 12.0 Å². The second-order valence-electron chi connectivity index (χ2n) is 4.44. The first-order valence-electron chi connectivity index (χ1n) is 6.12. The van der Waals surface area contributed by atoms with Crippen molar-refractivity contribution in [2.24, 2.45) is 4.99 Å². The van der Waals surface area contributed by atoms with E-state index in [4.69, 9.17) is 0 Å². The molecule has 0 unspecified atom stereocenters. The van der Waals surface area contributed by atoms with Crippen molar-refractivity contribution in [3.8, 4) is 0 Å². The highest BCUT2D eigenvalue weighted by molar-refractivity contribution is 14.0. The molecule has 0 radical (unpaired) electrons. The summed E-state index contributed by atoms with van der Waals surface area (Å²) in [5, 5.41) is 6.38. The van der Waals surface area contributed by atoms with Gasteiger partial charge < -0.3 is 10.6 Å². The van der Waals surface area contributed by atoms with Gasteiger partial charge in [-0.2, -0.15) is 0 Å². The van der Waals surface area contributed by atoms with Crippen molar-refractivity contribution >= 4 is 45.6 Å². The van der Waals surface area contributed by atoms with Crippen LogP contribution in [-0.2, 0) is 16.6 Å². The predicted molar refractivity (Wildman–Crippen MR) is 92.1 cm³/mol. The fourth-order valence-corrected chi connectivity index (χ4v) is 2.31. The Kier molecular flexibility index (Phi) is 6.53. The minimum absolute atomic E-state index is 0. The number of halogens is 1. The maximum atomic E-state index is 11.1. The zero-order valence-electron chi connectivity index (χ0n) is 11.2. The van der Waals surface area contributed by atoms with Crippen molar-refractivity contribution in [2.75, 3.05) is 24.1 Å². The summed E-state index contributed by atoms with van der Waals surface area (Å²) in [5.41, 5.74) is 1.63. The van der Waals surface area contributed by atoms with E-state index in [1.165, 1.54) is 0 Å². The fourth-order valence-electron chi connectivity index (χ4n) is 1.74. The Morgan fingerprint density at radius 2 is 2.00 bits per heavy atom. The molecule has 0 bridgehead atoms. The van der Waals surface area contributed by atoms with Gasteiger partial charge >= 0.3 is 0 Å². The third-order valence-corrected chi connectivity index (χ3v) is 3.22. The molecule has 0 aliphatic carbocycles. The highest BCUT2D eigenvalue weighted by atomic mass is 127. The first kappa shape index (κ1) is 17.0. The summed E-state index contributed by atoms with van der Waals surface area (Å²) < 4.78 is 24.6. The van der Waals surface area contributed by atoms with E-state index >= 15 is 0 Å². The molecule has 0 atom stereocenters. The minimum atomic E-state index is -3.21. The van der Waals surface area contributed by atoms with Crippen LogP contribution in [0.25, 0.3) is 0 Å². The van der Waals surface area contributed by atoms with E-state index < -0.39 is 10.0 Å². The fraction of sp³-hybridized carbons (Fsp3) is 0.417. The van der Waals surface area contributed by atoms with E-state index in [2.05, 4.69) is 20.3 Å². The molecule has 1 aliphatic heterocycles. The standard InChI is InChI=1S/C12H18N4O2S.HI/c1-19(17,18)16-11-5-3-10(4-6-11)9-15-12-13-7-2-8-14-12;/h3-6,16H,2,7-9H2,1H3,(H2,13,14,15);1H. The summed E-state index contributed by atoms with van der Waals surface area (Å²) >= 11 is 0. The van der Waals surface area contributed by atoms with Gasteiger partial charge in [-0.25, -0.2) is 8.42 Å². The SMILES string of the molecule is CS(=O)(=O)Nc1ccc(CNC2=NCCCN2)cc1.I. The predicted octanol–water partition coefficient (Wildman–Crippen LogP) is 1.11. The second-order valence-corrected chi connectivity index (χ2v) is 6.18. The number of rotatable bonds is 4. The lowest BCUT2D eigenvalue weighted by Gasteiger charge is -2.16. The van der Waals surface area contributed by atoms with Crippen molar-refractivity contribution < 1.29 is 8.42 Å². The maximum absolute atomic E-state index is 11.1. The van der Waals surface area contributed by atoms with Crippen molar-refractivity contribution in [1.29, 1.82) is 0 Å². The molecule has 1 aromatic rings. The van der Waals surface area contributed by atoms with Gasteiger partial charge in [0.25, 0.3) is 0 Å². The molecule has 8 heteroatoms. The number of guanidine groups is 1. The summed E-state index contributed by atoms with van der Waals surface area (Å²) in [7, 11) is -3.21. The Labute approximate surface area is 136 Å². The van der Waals surface area contributed by atoms with Crippen LogP contribution in [0, 0.1) is 0 Å². The minimum Gasteiger partial charge on any atom is -0.356 e. The second kappa shape index (κ2) is 7.67. The van der Waals surface area contributed by atoms with Crippen molar-refractivity contribution in [3.05, 3.63) is 29.8 Å². The quantitative estimate of drug-likeness (QED) is 0.650. The van der Waals surface area contributed by atoms with E-state index in [1.54, 1.807) is 12.1 Å². The lowest BCUT2D eigenvalue weighted by Crippen LogP contribution is -2.40. The Balaban J connectivity index is 0.00000200. The molecule has 20 heavy (non-hydrogen) atoms. The number of nitrogens with one attached hydrogen (secondary N) is 3. The molecule has 3 N–H and O–H groups in total. The van der Waals surface area contributed by atoms with Gasteiger partial charge in [0, 0.05) is 25.3 Å². The van der Waals surface area contributed by atoms with E-state index in [1.807, 2.05) is 12.1 Å². The Bertz CT molecular complexity index is 557. The van der Waals surface area contributed by atoms with Crippen LogP contribution >= 0.6 is 24.0 Å². The van der Waals surface area contributed by atoms with Gasteiger partial charge in [-0.1, -0.05) is 12.1 Å². The smallest absolute Gasteiger partial charge is 0.229 e. The monoisotopic (exact) mass is 410 g/mol. The van der Waals surface area contributed by atoms with E-state index in [9.17, 15) is 8.42 Å². The number of anilines is 1. The number of sulfonamides is 1. The number of aliphatic imine (C=N–C) groups is 1.